The molecule has 0 radical (unpaired) electrons. The molecule has 3 atom stereocenters. The van der Waals surface area contributed by atoms with E-state index in [9.17, 15) is 0 Å². The van der Waals surface area contributed by atoms with Crippen LogP contribution in [0.1, 0.15) is 33.1 Å². The summed E-state index contributed by atoms with van der Waals surface area (Å²) in [6, 6.07) is 0.389. The van der Waals surface area contributed by atoms with Gasteiger partial charge in [0, 0.05) is 24.5 Å². The Kier molecular flexibility index (Phi) is 5.39. The third-order valence-electron chi connectivity index (χ3n) is 3.43. The number of hydrogen-bond acceptors (Lipinski definition) is 4. The minimum absolute atomic E-state index is 0.307. The van der Waals surface area contributed by atoms with Crippen LogP contribution in [0.2, 0.25) is 0 Å². The Balaban J connectivity index is 2.53. The highest BCUT2D eigenvalue weighted by Crippen LogP contribution is 2.42. The van der Waals surface area contributed by atoms with Crippen LogP contribution >= 0.6 is 11.8 Å². The predicted molar refractivity (Wildman–Crippen MR) is 66.9 cm³/mol. The first-order valence-corrected chi connectivity index (χ1v) is 6.71. The van der Waals surface area contributed by atoms with Crippen molar-refractivity contribution in [1.82, 2.24) is 5.43 Å². The van der Waals surface area contributed by atoms with E-state index in [2.05, 4.69) is 31.0 Å². The van der Waals surface area contributed by atoms with Crippen molar-refractivity contribution in [2.24, 2.45) is 11.8 Å². The fourth-order valence-electron chi connectivity index (χ4n) is 2.46. The topological polar surface area (TPSA) is 47.3 Å². The summed E-state index contributed by atoms with van der Waals surface area (Å²) in [7, 11) is 1.75. The van der Waals surface area contributed by atoms with Crippen molar-refractivity contribution in [3.05, 3.63) is 0 Å². The normalized spacial score (nSPS) is 30.4. The van der Waals surface area contributed by atoms with Gasteiger partial charge in [0.2, 0.25) is 0 Å². The second kappa shape index (κ2) is 6.09. The molecule has 4 heteroatoms. The molecule has 15 heavy (non-hydrogen) atoms. The highest BCUT2D eigenvalue weighted by molar-refractivity contribution is 8.00. The van der Waals surface area contributed by atoms with Gasteiger partial charge in [0.25, 0.3) is 0 Å². The molecule has 0 aromatic rings. The molecule has 0 amide bonds. The predicted octanol–water partition coefficient (Wildman–Crippen LogP) is 1.78. The smallest absolute Gasteiger partial charge is 0.0465 e. The molecule has 1 rings (SSSR count). The molecular formula is C11H24N2OS. The molecule has 0 spiro atoms. The van der Waals surface area contributed by atoms with Crippen LogP contribution in [-0.4, -0.2) is 30.3 Å². The molecular weight excluding hydrogens is 208 g/mol. The first-order valence-electron chi connectivity index (χ1n) is 5.73. The van der Waals surface area contributed by atoms with E-state index in [4.69, 9.17) is 10.6 Å². The Morgan fingerprint density at radius 2 is 2.33 bits per heavy atom. The van der Waals surface area contributed by atoms with Crippen LogP contribution in [0, 0.1) is 5.92 Å². The molecule has 0 aliphatic carbocycles. The van der Waals surface area contributed by atoms with Gasteiger partial charge in [0.05, 0.1) is 0 Å². The van der Waals surface area contributed by atoms with Crippen LogP contribution in [-0.2, 0) is 4.74 Å². The molecule has 90 valence electrons. The van der Waals surface area contributed by atoms with Crippen molar-refractivity contribution < 1.29 is 4.74 Å². The Bertz CT molecular complexity index is 183. The van der Waals surface area contributed by atoms with Crippen molar-refractivity contribution in [1.29, 1.82) is 0 Å². The number of thioether (sulfide) groups is 1. The van der Waals surface area contributed by atoms with Crippen LogP contribution in [0.3, 0.4) is 0 Å². The second-order valence-corrected chi connectivity index (χ2v) is 6.30. The van der Waals surface area contributed by atoms with E-state index in [1.54, 1.807) is 7.11 Å². The van der Waals surface area contributed by atoms with Crippen molar-refractivity contribution in [3.63, 3.8) is 0 Å². The summed E-state index contributed by atoms with van der Waals surface area (Å²) in [6.07, 6.45) is 3.65. The van der Waals surface area contributed by atoms with E-state index in [0.29, 0.717) is 16.7 Å². The van der Waals surface area contributed by atoms with Crippen molar-refractivity contribution in [3.8, 4) is 0 Å². The highest BCUT2D eigenvalue weighted by atomic mass is 32.2. The minimum Gasteiger partial charge on any atom is -0.385 e. The zero-order chi connectivity index (χ0) is 11.3. The van der Waals surface area contributed by atoms with Crippen LogP contribution in [0.15, 0.2) is 0 Å². The van der Waals surface area contributed by atoms with Crippen LogP contribution < -0.4 is 11.3 Å². The van der Waals surface area contributed by atoms with Gasteiger partial charge in [-0.3, -0.25) is 11.3 Å². The summed E-state index contributed by atoms with van der Waals surface area (Å²) in [4.78, 5) is 0. The monoisotopic (exact) mass is 232 g/mol. The Morgan fingerprint density at radius 1 is 1.60 bits per heavy atom. The summed E-state index contributed by atoms with van der Waals surface area (Å²) in [6.45, 7) is 5.41. The largest absolute Gasteiger partial charge is 0.385 e. The molecule has 0 saturated carbocycles. The number of hydrogen-bond donors (Lipinski definition) is 2. The highest BCUT2D eigenvalue weighted by Gasteiger charge is 2.39. The molecule has 1 aliphatic rings. The van der Waals surface area contributed by atoms with Gasteiger partial charge in [-0.15, -0.1) is 0 Å². The standard InChI is InChI=1S/C11H24N2OS/c1-9(5-7-14-3)10(13-12)11(2)6-4-8-15-11/h9-10,13H,4-8,12H2,1-3H3. The van der Waals surface area contributed by atoms with Gasteiger partial charge in [0.15, 0.2) is 0 Å². The number of nitrogens with one attached hydrogen (secondary N) is 1. The van der Waals surface area contributed by atoms with Crippen LogP contribution in [0.4, 0.5) is 0 Å². The molecule has 3 N–H and O–H groups in total. The molecule has 1 saturated heterocycles. The fraction of sp³-hybridized carbons (Fsp3) is 1.00. The van der Waals surface area contributed by atoms with E-state index in [-0.39, 0.29) is 0 Å². The molecule has 1 heterocycles. The lowest BCUT2D eigenvalue weighted by Crippen LogP contribution is -2.52. The zero-order valence-electron chi connectivity index (χ0n) is 10.1. The molecule has 0 aromatic heterocycles. The van der Waals surface area contributed by atoms with Crippen molar-refractivity contribution in [2.45, 2.75) is 43.9 Å². The zero-order valence-corrected chi connectivity index (χ0v) is 10.9. The maximum Gasteiger partial charge on any atom is 0.0465 e. The number of methoxy groups -OCH3 is 1. The summed E-state index contributed by atoms with van der Waals surface area (Å²) in [5, 5.41) is 0. The van der Waals surface area contributed by atoms with E-state index < -0.39 is 0 Å². The van der Waals surface area contributed by atoms with E-state index >= 15 is 0 Å². The molecule has 1 aliphatic heterocycles. The van der Waals surface area contributed by atoms with Crippen molar-refractivity contribution in [2.75, 3.05) is 19.5 Å². The summed E-state index contributed by atoms with van der Waals surface area (Å²) < 4.78 is 5.43. The van der Waals surface area contributed by atoms with Gasteiger partial charge in [-0.2, -0.15) is 11.8 Å². The van der Waals surface area contributed by atoms with Crippen molar-refractivity contribution >= 4 is 11.8 Å². The number of hydrazine groups is 1. The van der Waals surface area contributed by atoms with Gasteiger partial charge >= 0.3 is 0 Å². The first kappa shape index (κ1) is 13.3. The minimum atomic E-state index is 0.307. The average molecular weight is 232 g/mol. The van der Waals surface area contributed by atoms with Gasteiger partial charge in [-0.1, -0.05) is 6.92 Å². The summed E-state index contributed by atoms with van der Waals surface area (Å²) in [5.74, 6) is 7.54. The maximum atomic E-state index is 5.71. The third kappa shape index (κ3) is 3.34. The van der Waals surface area contributed by atoms with E-state index in [1.165, 1.54) is 18.6 Å². The first-order chi connectivity index (χ1) is 7.14. The molecule has 0 aromatic carbocycles. The quantitative estimate of drug-likeness (QED) is 0.541. The Morgan fingerprint density at radius 3 is 2.80 bits per heavy atom. The van der Waals surface area contributed by atoms with E-state index in [0.717, 1.165) is 13.0 Å². The molecule has 1 fully saturated rings. The van der Waals surface area contributed by atoms with Gasteiger partial charge in [0.1, 0.15) is 0 Å². The van der Waals surface area contributed by atoms with Gasteiger partial charge < -0.3 is 4.74 Å². The van der Waals surface area contributed by atoms with Gasteiger partial charge in [-0.05, 0) is 37.9 Å². The van der Waals surface area contributed by atoms with Crippen LogP contribution in [0.25, 0.3) is 0 Å². The summed E-state index contributed by atoms with van der Waals surface area (Å²) >= 11 is 2.06. The number of ether oxygens (including phenoxy) is 1. The third-order valence-corrected chi connectivity index (χ3v) is 5.04. The Labute approximate surface area is 97.5 Å². The maximum absolute atomic E-state index is 5.71. The average Bonchev–Trinajstić information content (AvgIpc) is 2.63. The molecule has 3 nitrogen and oxygen atoms in total. The molecule has 0 bridgehead atoms. The summed E-state index contributed by atoms with van der Waals surface area (Å²) in [5.41, 5.74) is 3.02. The second-order valence-electron chi connectivity index (χ2n) is 4.67. The van der Waals surface area contributed by atoms with E-state index in [1.807, 2.05) is 0 Å². The van der Waals surface area contributed by atoms with Crippen LogP contribution in [0.5, 0.6) is 0 Å². The SMILES string of the molecule is COCCC(C)C(NN)C1(C)CCCS1. The molecule has 3 unspecified atom stereocenters. The fourth-order valence-corrected chi connectivity index (χ4v) is 3.98. The lowest BCUT2D eigenvalue weighted by atomic mass is 9.86. The lowest BCUT2D eigenvalue weighted by molar-refractivity contribution is 0.163. The number of rotatable bonds is 6. The van der Waals surface area contributed by atoms with Gasteiger partial charge in [-0.25, -0.2) is 0 Å². The Hall–Kier alpha value is 0.230. The number of nitrogens with two attached hydrogens (primary N) is 1. The lowest BCUT2D eigenvalue weighted by Gasteiger charge is -2.37.